The number of carbonyl (C=O) groups is 1. The summed E-state index contributed by atoms with van der Waals surface area (Å²) in [6.45, 7) is 1.95. The summed E-state index contributed by atoms with van der Waals surface area (Å²) in [5.74, 6) is -0.692. The number of aromatic nitrogens is 4. The summed E-state index contributed by atoms with van der Waals surface area (Å²) < 4.78 is 56.1. The van der Waals surface area contributed by atoms with Crippen molar-refractivity contribution in [3.05, 3.63) is 54.3 Å². The predicted molar refractivity (Wildman–Crippen MR) is 112 cm³/mol. The Hall–Kier alpha value is -3.35. The van der Waals surface area contributed by atoms with Crippen molar-refractivity contribution in [2.24, 2.45) is 0 Å². The van der Waals surface area contributed by atoms with Crippen molar-refractivity contribution in [3.8, 4) is 11.4 Å². The summed E-state index contributed by atoms with van der Waals surface area (Å²) in [6, 6.07) is 11.6. The van der Waals surface area contributed by atoms with Crippen molar-refractivity contribution in [2.75, 3.05) is 36.8 Å². The van der Waals surface area contributed by atoms with Crippen LogP contribution in [0.25, 0.3) is 5.69 Å². The third-order valence-electron chi connectivity index (χ3n) is 4.91. The van der Waals surface area contributed by atoms with Gasteiger partial charge in [0.05, 0.1) is 17.1 Å². The van der Waals surface area contributed by atoms with Crippen LogP contribution in [-0.2, 0) is 4.79 Å². The van der Waals surface area contributed by atoms with E-state index in [0.29, 0.717) is 42.7 Å². The molecular formula is C20H18F4N6O2S. The molecule has 1 saturated heterocycles. The van der Waals surface area contributed by atoms with Crippen LogP contribution in [0, 0.1) is 5.82 Å². The summed E-state index contributed by atoms with van der Waals surface area (Å²) in [7, 11) is 0. The largest absolute Gasteiger partial charge is 0.573 e. The molecule has 2 heterocycles. The molecule has 33 heavy (non-hydrogen) atoms. The Morgan fingerprint density at radius 1 is 1.03 bits per heavy atom. The number of anilines is 1. The molecule has 1 aromatic heterocycles. The van der Waals surface area contributed by atoms with Crippen molar-refractivity contribution >= 4 is 23.4 Å². The lowest BCUT2D eigenvalue weighted by molar-refractivity contribution is -0.274. The van der Waals surface area contributed by atoms with E-state index in [4.69, 9.17) is 0 Å². The van der Waals surface area contributed by atoms with E-state index >= 15 is 0 Å². The molecule has 0 aliphatic carbocycles. The first-order valence-corrected chi connectivity index (χ1v) is 10.8. The van der Waals surface area contributed by atoms with Crippen molar-refractivity contribution in [1.29, 1.82) is 0 Å². The number of hydrogen-bond acceptors (Lipinski definition) is 7. The number of halogens is 4. The van der Waals surface area contributed by atoms with Gasteiger partial charge in [0.15, 0.2) is 0 Å². The molecule has 2 aromatic carbocycles. The highest BCUT2D eigenvalue weighted by Gasteiger charge is 2.31. The van der Waals surface area contributed by atoms with Crippen LogP contribution in [0.2, 0.25) is 0 Å². The van der Waals surface area contributed by atoms with Crippen LogP contribution in [-0.4, -0.2) is 69.3 Å². The van der Waals surface area contributed by atoms with Crippen LogP contribution in [0.3, 0.4) is 0 Å². The van der Waals surface area contributed by atoms with Crippen LogP contribution in [0.15, 0.2) is 53.7 Å². The van der Waals surface area contributed by atoms with Crippen molar-refractivity contribution in [3.63, 3.8) is 0 Å². The van der Waals surface area contributed by atoms with Crippen molar-refractivity contribution < 1.29 is 27.1 Å². The van der Waals surface area contributed by atoms with Gasteiger partial charge in [-0.2, -0.15) is 4.68 Å². The molecule has 0 unspecified atom stereocenters. The Morgan fingerprint density at radius 2 is 1.73 bits per heavy atom. The number of alkyl halides is 3. The summed E-state index contributed by atoms with van der Waals surface area (Å²) in [5, 5.41) is 11.6. The highest BCUT2D eigenvalue weighted by molar-refractivity contribution is 7.99. The summed E-state index contributed by atoms with van der Waals surface area (Å²) in [4.78, 5) is 16.2. The monoisotopic (exact) mass is 482 g/mol. The molecule has 0 saturated carbocycles. The molecule has 1 fully saturated rings. The molecule has 174 valence electrons. The molecule has 0 bridgehead atoms. The fourth-order valence-electron chi connectivity index (χ4n) is 3.34. The number of piperazine rings is 1. The van der Waals surface area contributed by atoms with E-state index in [-0.39, 0.29) is 23.2 Å². The van der Waals surface area contributed by atoms with Gasteiger partial charge in [-0.05, 0) is 46.8 Å². The Kier molecular flexibility index (Phi) is 6.67. The van der Waals surface area contributed by atoms with Gasteiger partial charge in [0.25, 0.3) is 0 Å². The van der Waals surface area contributed by atoms with E-state index in [1.54, 1.807) is 23.1 Å². The second kappa shape index (κ2) is 9.65. The minimum absolute atomic E-state index is 0.0787. The summed E-state index contributed by atoms with van der Waals surface area (Å²) >= 11 is 1.11. The maximum absolute atomic E-state index is 14.0. The molecule has 0 radical (unpaired) electrons. The second-order valence-corrected chi connectivity index (χ2v) is 7.97. The smallest absolute Gasteiger partial charge is 0.406 e. The highest BCUT2D eigenvalue weighted by atomic mass is 32.2. The third kappa shape index (κ3) is 5.72. The van der Waals surface area contributed by atoms with Crippen molar-refractivity contribution in [1.82, 2.24) is 25.1 Å². The molecular weight excluding hydrogens is 464 g/mol. The van der Waals surface area contributed by atoms with Crippen LogP contribution >= 0.6 is 11.8 Å². The number of carbonyl (C=O) groups excluding carboxylic acids is 1. The maximum Gasteiger partial charge on any atom is 0.573 e. The van der Waals surface area contributed by atoms with Gasteiger partial charge in [-0.25, -0.2) is 4.39 Å². The average Bonchev–Trinajstić information content (AvgIpc) is 3.26. The molecule has 1 aliphatic rings. The molecule has 8 nitrogen and oxygen atoms in total. The first-order valence-electron chi connectivity index (χ1n) is 9.85. The lowest BCUT2D eigenvalue weighted by Gasteiger charge is -2.36. The number of para-hydroxylation sites is 1. The number of amides is 1. The second-order valence-electron chi connectivity index (χ2n) is 7.02. The number of tetrazole rings is 1. The van der Waals surface area contributed by atoms with E-state index in [1.165, 1.54) is 22.9 Å². The maximum atomic E-state index is 14.0. The van der Waals surface area contributed by atoms with Gasteiger partial charge in [0, 0.05) is 26.2 Å². The number of ether oxygens (including phenoxy) is 1. The first-order chi connectivity index (χ1) is 15.8. The molecule has 1 aliphatic heterocycles. The topological polar surface area (TPSA) is 76.4 Å². The van der Waals surface area contributed by atoms with Crippen LogP contribution in [0.4, 0.5) is 23.2 Å². The first kappa shape index (κ1) is 22.8. The normalized spacial score (nSPS) is 14.4. The summed E-state index contributed by atoms with van der Waals surface area (Å²) in [6.07, 6.45) is -4.78. The number of rotatable bonds is 6. The molecule has 3 aromatic rings. The fraction of sp³-hybridized carbons (Fsp3) is 0.300. The number of nitrogens with zero attached hydrogens (tertiary/aromatic N) is 6. The minimum Gasteiger partial charge on any atom is -0.406 e. The molecule has 4 rings (SSSR count). The fourth-order valence-corrected chi connectivity index (χ4v) is 4.14. The standard InChI is InChI=1S/C20H18F4N6O2S/c21-16-3-1-2-4-17(16)28-9-11-29(12-10-28)18(31)13-33-19-25-26-27-30(19)14-5-7-15(8-6-14)32-20(22,23)24/h1-8H,9-13H2. The molecule has 0 N–H and O–H groups in total. The quantitative estimate of drug-likeness (QED) is 0.395. The van der Waals surface area contributed by atoms with E-state index in [2.05, 4.69) is 20.3 Å². The molecule has 0 atom stereocenters. The van der Waals surface area contributed by atoms with Crippen molar-refractivity contribution in [2.45, 2.75) is 11.5 Å². The Labute approximate surface area is 190 Å². The Morgan fingerprint density at radius 3 is 2.39 bits per heavy atom. The zero-order valence-corrected chi connectivity index (χ0v) is 17.9. The van der Waals surface area contributed by atoms with Gasteiger partial charge in [-0.3, -0.25) is 4.79 Å². The zero-order chi connectivity index (χ0) is 23.4. The van der Waals surface area contributed by atoms with Gasteiger partial charge in [0.2, 0.25) is 11.1 Å². The van der Waals surface area contributed by atoms with Gasteiger partial charge < -0.3 is 14.5 Å². The third-order valence-corrected chi connectivity index (χ3v) is 5.81. The highest BCUT2D eigenvalue weighted by Crippen LogP contribution is 2.25. The Balaban J connectivity index is 1.32. The lowest BCUT2D eigenvalue weighted by Crippen LogP contribution is -2.49. The predicted octanol–water partition coefficient (Wildman–Crippen LogP) is 3.14. The van der Waals surface area contributed by atoms with Crippen LogP contribution in [0.1, 0.15) is 0 Å². The van der Waals surface area contributed by atoms with Gasteiger partial charge >= 0.3 is 6.36 Å². The minimum atomic E-state index is -4.78. The number of benzene rings is 2. The van der Waals surface area contributed by atoms with E-state index < -0.39 is 6.36 Å². The van der Waals surface area contributed by atoms with E-state index in [9.17, 15) is 22.4 Å². The van der Waals surface area contributed by atoms with E-state index in [0.717, 1.165) is 23.9 Å². The van der Waals surface area contributed by atoms with Gasteiger partial charge in [-0.15, -0.1) is 18.3 Å². The number of thioether (sulfide) groups is 1. The molecule has 13 heteroatoms. The Bertz CT molecular complexity index is 1100. The summed E-state index contributed by atoms with van der Waals surface area (Å²) in [5.41, 5.74) is 0.938. The molecule has 0 spiro atoms. The van der Waals surface area contributed by atoms with E-state index in [1.807, 2.05) is 4.90 Å². The number of hydrogen-bond donors (Lipinski definition) is 0. The lowest BCUT2D eigenvalue weighted by atomic mass is 10.2. The van der Waals surface area contributed by atoms with Gasteiger partial charge in [0.1, 0.15) is 11.6 Å². The SMILES string of the molecule is O=C(CSc1nnnn1-c1ccc(OC(F)(F)F)cc1)N1CCN(c2ccccc2F)CC1. The molecule has 1 amide bonds. The van der Waals surface area contributed by atoms with Crippen LogP contribution < -0.4 is 9.64 Å². The van der Waals surface area contributed by atoms with Gasteiger partial charge in [-0.1, -0.05) is 23.9 Å². The van der Waals surface area contributed by atoms with Crippen LogP contribution in [0.5, 0.6) is 5.75 Å². The average molecular weight is 482 g/mol. The zero-order valence-electron chi connectivity index (χ0n) is 17.1.